The van der Waals surface area contributed by atoms with E-state index in [0.29, 0.717) is 23.7 Å². The van der Waals surface area contributed by atoms with Gasteiger partial charge in [0, 0.05) is 18.4 Å². The Balaban J connectivity index is 0.00000645. The van der Waals surface area contributed by atoms with Gasteiger partial charge in [0.2, 0.25) is 0 Å². The first-order valence-electron chi connectivity index (χ1n) is 15.8. The predicted octanol–water partition coefficient (Wildman–Crippen LogP) is 9.93. The molecule has 1 amide bonds. The zero-order chi connectivity index (χ0) is 30.0. The Bertz CT molecular complexity index is 1140. The third-order valence-corrected chi connectivity index (χ3v) is 8.42. The van der Waals surface area contributed by atoms with E-state index >= 15 is 0 Å². The first-order chi connectivity index (χ1) is 20.4. The van der Waals surface area contributed by atoms with Crippen molar-refractivity contribution < 1.29 is 19.1 Å². The van der Waals surface area contributed by atoms with Gasteiger partial charge >= 0.3 is 0 Å². The Morgan fingerprint density at radius 3 is 2.07 bits per heavy atom. The third-order valence-electron chi connectivity index (χ3n) is 7.40. The van der Waals surface area contributed by atoms with Gasteiger partial charge in [0.1, 0.15) is 11.5 Å². The van der Waals surface area contributed by atoms with Crippen LogP contribution in [-0.2, 0) is 11.3 Å². The lowest BCUT2D eigenvalue weighted by atomic mass is 10.1. The molecule has 0 unspecified atom stereocenters. The van der Waals surface area contributed by atoms with Crippen molar-refractivity contribution in [3.8, 4) is 11.5 Å². The summed E-state index contributed by atoms with van der Waals surface area (Å²) in [6.45, 7) is 7.19. The number of ether oxygens (including phenoxy) is 2. The van der Waals surface area contributed by atoms with E-state index in [0.717, 1.165) is 31.0 Å². The van der Waals surface area contributed by atoms with E-state index in [2.05, 4.69) is 30.3 Å². The summed E-state index contributed by atoms with van der Waals surface area (Å²) in [5.74, 6) is 1.66. The number of hydrogen-bond acceptors (Lipinski definition) is 6. The molecule has 1 N–H and O–H groups in total. The topological polar surface area (TPSA) is 67.9 Å². The molecule has 43 heavy (non-hydrogen) atoms. The van der Waals surface area contributed by atoms with Gasteiger partial charge in [-0.1, -0.05) is 89.7 Å². The highest BCUT2D eigenvalue weighted by atomic mass is 79.9. The summed E-state index contributed by atoms with van der Waals surface area (Å²) in [7, 11) is 0. The van der Waals surface area contributed by atoms with Crippen LogP contribution in [0.3, 0.4) is 0 Å². The lowest BCUT2D eigenvalue weighted by Crippen LogP contribution is -2.20. The minimum absolute atomic E-state index is 0. The highest BCUT2D eigenvalue weighted by Crippen LogP contribution is 2.27. The molecule has 2 aromatic carbocycles. The van der Waals surface area contributed by atoms with Crippen LogP contribution < -0.4 is 14.8 Å². The smallest absolute Gasteiger partial charge is 0.262 e. The molecule has 0 fully saturated rings. The minimum Gasteiger partial charge on any atom is -0.493 e. The number of thioether (sulfide) groups is 1. The number of rotatable bonds is 21. The summed E-state index contributed by atoms with van der Waals surface area (Å²) < 4.78 is 11.6. The molecule has 238 valence electrons. The minimum atomic E-state index is -0.256. The molecule has 0 bridgehead atoms. The molecule has 1 aliphatic heterocycles. The highest BCUT2D eigenvalue weighted by molar-refractivity contribution is 8.93. The number of carbonyl (C=O) groups is 2. The molecule has 1 heterocycles. The Morgan fingerprint density at radius 1 is 0.860 bits per heavy atom. The van der Waals surface area contributed by atoms with Gasteiger partial charge in [-0.05, 0) is 61.1 Å². The Labute approximate surface area is 274 Å². The normalized spacial score (nSPS) is 12.4. The van der Waals surface area contributed by atoms with Crippen molar-refractivity contribution >= 4 is 46.1 Å². The van der Waals surface area contributed by atoms with Crippen LogP contribution in [0.25, 0.3) is 0 Å². The number of allylic oxidation sites excluding steroid dienone is 1. The number of anilines is 1. The molecule has 6 nitrogen and oxygen atoms in total. The van der Waals surface area contributed by atoms with Gasteiger partial charge in [-0.15, -0.1) is 28.7 Å². The van der Waals surface area contributed by atoms with Crippen molar-refractivity contribution in [2.24, 2.45) is 0 Å². The van der Waals surface area contributed by atoms with Crippen molar-refractivity contribution in [1.29, 1.82) is 0 Å². The summed E-state index contributed by atoms with van der Waals surface area (Å²) in [6.07, 6.45) is 17.7. The first-order valence-corrected chi connectivity index (χ1v) is 16.8. The van der Waals surface area contributed by atoms with Crippen molar-refractivity contribution in [1.82, 2.24) is 4.90 Å². The van der Waals surface area contributed by atoms with Gasteiger partial charge in [-0.25, -0.2) is 0 Å². The van der Waals surface area contributed by atoms with Crippen molar-refractivity contribution in [3.05, 3.63) is 64.7 Å². The van der Waals surface area contributed by atoms with Gasteiger partial charge in [0.25, 0.3) is 5.91 Å². The van der Waals surface area contributed by atoms with Crippen LogP contribution >= 0.6 is 28.7 Å². The molecule has 3 rings (SSSR count). The highest BCUT2D eigenvalue weighted by Gasteiger charge is 2.13. The van der Waals surface area contributed by atoms with E-state index in [1.807, 2.05) is 36.0 Å². The van der Waals surface area contributed by atoms with Crippen molar-refractivity contribution in [2.75, 3.05) is 24.4 Å². The number of hydrogen-bond donors (Lipinski definition) is 1. The summed E-state index contributed by atoms with van der Waals surface area (Å²) in [5, 5.41) is 2.87. The second-order valence-electron chi connectivity index (χ2n) is 11.2. The molecule has 0 aromatic heterocycles. The van der Waals surface area contributed by atoms with E-state index < -0.39 is 0 Å². The largest absolute Gasteiger partial charge is 0.493 e. The Kier molecular flexibility index (Phi) is 18.2. The number of benzene rings is 2. The fourth-order valence-electron chi connectivity index (χ4n) is 5.01. The van der Waals surface area contributed by atoms with E-state index in [1.54, 1.807) is 18.2 Å². The maximum Gasteiger partial charge on any atom is 0.262 e. The van der Waals surface area contributed by atoms with Crippen molar-refractivity contribution in [2.45, 2.75) is 104 Å². The lowest BCUT2D eigenvalue weighted by molar-refractivity contribution is -0.118. The summed E-state index contributed by atoms with van der Waals surface area (Å²) in [6, 6.07) is 13.0. The van der Waals surface area contributed by atoms with Crippen LogP contribution in [0.2, 0.25) is 0 Å². The average molecular weight is 676 g/mol. The monoisotopic (exact) mass is 674 g/mol. The molecule has 0 saturated carbocycles. The van der Waals surface area contributed by atoms with Crippen LogP contribution in [0.15, 0.2) is 53.6 Å². The summed E-state index contributed by atoms with van der Waals surface area (Å²) >= 11 is 1.84. The molecular formula is C35H51BrN2O4S. The fraction of sp³-hybridized carbons (Fsp3) is 0.543. The quantitative estimate of drug-likeness (QED) is 0.105. The fourth-order valence-corrected chi connectivity index (χ4v) is 5.77. The van der Waals surface area contributed by atoms with Crippen LogP contribution in [0.1, 0.15) is 114 Å². The van der Waals surface area contributed by atoms with E-state index in [4.69, 9.17) is 9.47 Å². The van der Waals surface area contributed by atoms with Crippen LogP contribution in [-0.4, -0.2) is 35.7 Å². The van der Waals surface area contributed by atoms with Crippen molar-refractivity contribution in [3.63, 3.8) is 0 Å². The molecule has 8 heteroatoms. The van der Waals surface area contributed by atoms with Gasteiger partial charge < -0.3 is 19.7 Å². The SMILES string of the molecule is Br.CCCCCCCCCCCCCCOc1ccc(OCC(=O)Nc2ccc(CN3C=C(C)SC3)cc2)cc1C(C)=O. The third kappa shape index (κ3) is 14.7. The second kappa shape index (κ2) is 21.3. The van der Waals surface area contributed by atoms with E-state index in [9.17, 15) is 9.59 Å². The average Bonchev–Trinajstić information content (AvgIpc) is 3.39. The molecule has 0 saturated heterocycles. The molecule has 0 radical (unpaired) electrons. The zero-order valence-corrected chi connectivity index (χ0v) is 28.9. The predicted molar refractivity (Wildman–Crippen MR) is 186 cm³/mol. The van der Waals surface area contributed by atoms with Gasteiger partial charge in [0.15, 0.2) is 12.4 Å². The lowest BCUT2D eigenvalue weighted by Gasteiger charge is -2.15. The van der Waals surface area contributed by atoms with E-state index in [-0.39, 0.29) is 35.3 Å². The standard InChI is InChI=1S/C35H50N2O4S.BrH/c1-4-5-6-7-8-9-10-11-12-13-14-15-22-40-34-21-20-32(23-33(34)29(3)38)41-26-35(39)36-31-18-16-30(17-19-31)25-37-24-28(2)42-27-37;/h16-21,23-24H,4-15,22,25-27H2,1-3H3,(H,36,39);1H. The number of nitrogens with zero attached hydrogens (tertiary/aromatic N) is 1. The number of carbonyl (C=O) groups excluding carboxylic acids is 2. The van der Waals surface area contributed by atoms with Crippen LogP contribution in [0.4, 0.5) is 5.69 Å². The number of nitrogens with one attached hydrogen (secondary N) is 1. The Hall–Kier alpha value is -2.45. The number of halogens is 1. The van der Waals surface area contributed by atoms with Gasteiger partial charge in [-0.2, -0.15) is 0 Å². The molecule has 2 aromatic rings. The second-order valence-corrected chi connectivity index (χ2v) is 12.4. The van der Waals surface area contributed by atoms with Gasteiger partial charge in [-0.3, -0.25) is 9.59 Å². The number of Topliss-reactive ketones (excluding diaryl/α,β-unsaturated/α-hetero) is 1. The van der Waals surface area contributed by atoms with Crippen LogP contribution in [0.5, 0.6) is 11.5 Å². The molecule has 0 aliphatic carbocycles. The summed E-state index contributed by atoms with van der Waals surface area (Å²) in [4.78, 5) is 28.3. The molecule has 0 spiro atoms. The number of ketones is 1. The number of amides is 1. The van der Waals surface area contributed by atoms with E-state index in [1.165, 1.54) is 81.6 Å². The number of unbranched alkanes of at least 4 members (excludes halogenated alkanes) is 11. The molecule has 1 aliphatic rings. The maximum atomic E-state index is 12.5. The molecule has 0 atom stereocenters. The first kappa shape index (κ1) is 36.7. The van der Waals surface area contributed by atoms with Crippen LogP contribution in [0, 0.1) is 0 Å². The zero-order valence-electron chi connectivity index (χ0n) is 26.3. The molecular weight excluding hydrogens is 624 g/mol. The maximum absolute atomic E-state index is 12.5. The van der Waals surface area contributed by atoms with Gasteiger partial charge in [0.05, 0.1) is 18.0 Å². The summed E-state index contributed by atoms with van der Waals surface area (Å²) in [5.41, 5.74) is 2.39. The Morgan fingerprint density at radius 2 is 1.49 bits per heavy atom.